The Kier molecular flexibility index (Phi) is 5.39. The molecular formula is C20H18ClF3N2O2. The molecule has 1 aliphatic heterocycles. The average molecular weight is 411 g/mol. The Morgan fingerprint density at radius 2 is 1.89 bits per heavy atom. The molecule has 28 heavy (non-hydrogen) atoms. The Morgan fingerprint density at radius 1 is 1.21 bits per heavy atom. The second-order valence-corrected chi connectivity index (χ2v) is 7.25. The normalized spacial score (nSPS) is 19.8. The second kappa shape index (κ2) is 7.47. The maximum atomic E-state index is 13.2. The summed E-state index contributed by atoms with van der Waals surface area (Å²) in [5, 5.41) is 2.86. The monoisotopic (exact) mass is 410 g/mol. The summed E-state index contributed by atoms with van der Waals surface area (Å²) in [4.78, 5) is 26.8. The summed E-state index contributed by atoms with van der Waals surface area (Å²) < 4.78 is 39.6. The van der Waals surface area contributed by atoms with Gasteiger partial charge in [0.05, 0.1) is 11.3 Å². The Bertz CT molecular complexity index is 930. The molecule has 1 heterocycles. The van der Waals surface area contributed by atoms with Crippen molar-refractivity contribution in [2.45, 2.75) is 19.0 Å². The number of nitrogens with zero attached hydrogens (tertiary/aromatic N) is 1. The molecule has 0 aromatic heterocycles. The lowest BCUT2D eigenvalue weighted by molar-refractivity contribution is -0.137. The van der Waals surface area contributed by atoms with Crippen LogP contribution in [0, 0.1) is 12.8 Å². The molecule has 0 aliphatic carbocycles. The number of rotatable bonds is 3. The maximum absolute atomic E-state index is 13.2. The van der Waals surface area contributed by atoms with Crippen molar-refractivity contribution in [2.24, 2.45) is 5.92 Å². The van der Waals surface area contributed by atoms with E-state index in [1.54, 1.807) is 32.2 Å². The molecule has 0 unspecified atom stereocenters. The summed E-state index contributed by atoms with van der Waals surface area (Å²) in [5.74, 6) is -2.79. The van der Waals surface area contributed by atoms with Crippen molar-refractivity contribution < 1.29 is 22.8 Å². The summed E-state index contributed by atoms with van der Waals surface area (Å²) in [7, 11) is 1.56. The fraction of sp³-hybridized carbons (Fsp3) is 0.300. The second-order valence-electron chi connectivity index (χ2n) is 6.84. The van der Waals surface area contributed by atoms with E-state index in [0.717, 1.165) is 17.2 Å². The number of amides is 2. The van der Waals surface area contributed by atoms with Gasteiger partial charge in [0, 0.05) is 24.5 Å². The number of carbonyl (C=O) groups is 2. The molecule has 4 nitrogen and oxygen atoms in total. The maximum Gasteiger partial charge on any atom is 0.418 e. The predicted molar refractivity (Wildman–Crippen MR) is 100 cm³/mol. The standard InChI is InChI=1S/C20H18ClF3N2O2/c1-11-9-12(7-8-15(11)21)13-10-26(2)19(28)17(13)18(27)25-16-6-4-3-5-14(16)20(22,23)24/h3-9,13,17H,10H2,1-2H3,(H,25,27)/t13-,17+/m1/s1. The van der Waals surface area contributed by atoms with E-state index in [4.69, 9.17) is 11.6 Å². The Labute approximate surface area is 165 Å². The topological polar surface area (TPSA) is 49.4 Å². The molecule has 0 radical (unpaired) electrons. The van der Waals surface area contributed by atoms with E-state index in [0.29, 0.717) is 11.6 Å². The molecule has 0 spiro atoms. The van der Waals surface area contributed by atoms with Crippen LogP contribution in [0.1, 0.15) is 22.6 Å². The van der Waals surface area contributed by atoms with Crippen LogP contribution in [-0.4, -0.2) is 30.3 Å². The number of likely N-dealkylation sites (tertiary alicyclic amines) is 1. The van der Waals surface area contributed by atoms with Crippen LogP contribution < -0.4 is 5.32 Å². The minimum atomic E-state index is -4.62. The van der Waals surface area contributed by atoms with Crippen LogP contribution in [0.2, 0.25) is 5.02 Å². The molecule has 2 aromatic carbocycles. The molecule has 2 aromatic rings. The molecule has 1 saturated heterocycles. The highest BCUT2D eigenvalue weighted by atomic mass is 35.5. The van der Waals surface area contributed by atoms with E-state index in [1.165, 1.54) is 23.1 Å². The van der Waals surface area contributed by atoms with Crippen LogP contribution in [-0.2, 0) is 15.8 Å². The molecule has 1 N–H and O–H groups in total. The van der Waals surface area contributed by atoms with E-state index in [9.17, 15) is 22.8 Å². The Balaban J connectivity index is 1.93. The minimum absolute atomic E-state index is 0.291. The van der Waals surface area contributed by atoms with Crippen molar-refractivity contribution in [1.82, 2.24) is 4.90 Å². The summed E-state index contributed by atoms with van der Waals surface area (Å²) in [5.41, 5.74) is 0.209. The third kappa shape index (κ3) is 3.85. The van der Waals surface area contributed by atoms with Gasteiger partial charge in [-0.15, -0.1) is 0 Å². The summed E-state index contributed by atoms with van der Waals surface area (Å²) >= 11 is 6.05. The minimum Gasteiger partial charge on any atom is -0.344 e. The van der Waals surface area contributed by atoms with Gasteiger partial charge in [0.1, 0.15) is 5.92 Å². The predicted octanol–water partition coefficient (Wildman–Crippen LogP) is 4.48. The molecule has 0 bridgehead atoms. The quantitative estimate of drug-likeness (QED) is 0.758. The zero-order valence-electron chi connectivity index (χ0n) is 15.2. The van der Waals surface area contributed by atoms with Gasteiger partial charge in [0.2, 0.25) is 11.8 Å². The molecule has 2 amide bonds. The summed E-state index contributed by atoms with van der Waals surface area (Å²) in [6.45, 7) is 2.10. The first-order valence-corrected chi connectivity index (χ1v) is 8.95. The van der Waals surface area contributed by atoms with Gasteiger partial charge in [-0.05, 0) is 36.2 Å². The molecule has 3 rings (SSSR count). The van der Waals surface area contributed by atoms with E-state index in [2.05, 4.69) is 5.32 Å². The van der Waals surface area contributed by atoms with Crippen LogP contribution >= 0.6 is 11.6 Å². The van der Waals surface area contributed by atoms with Crippen molar-refractivity contribution in [2.75, 3.05) is 18.9 Å². The van der Waals surface area contributed by atoms with Gasteiger partial charge in [0.25, 0.3) is 0 Å². The van der Waals surface area contributed by atoms with Gasteiger partial charge in [-0.2, -0.15) is 13.2 Å². The molecule has 1 aliphatic rings. The number of benzene rings is 2. The van der Waals surface area contributed by atoms with Gasteiger partial charge in [-0.1, -0.05) is 35.9 Å². The number of aryl methyl sites for hydroxylation is 1. The van der Waals surface area contributed by atoms with Gasteiger partial charge in [-0.25, -0.2) is 0 Å². The van der Waals surface area contributed by atoms with Crippen LogP contribution in [0.5, 0.6) is 0 Å². The van der Waals surface area contributed by atoms with Crippen molar-refractivity contribution in [3.8, 4) is 0 Å². The van der Waals surface area contributed by atoms with Crippen molar-refractivity contribution in [1.29, 1.82) is 0 Å². The number of para-hydroxylation sites is 1. The lowest BCUT2D eigenvalue weighted by atomic mass is 9.87. The molecule has 0 saturated carbocycles. The third-order valence-electron chi connectivity index (χ3n) is 4.90. The van der Waals surface area contributed by atoms with E-state index >= 15 is 0 Å². The number of halogens is 4. The van der Waals surface area contributed by atoms with Crippen molar-refractivity contribution >= 4 is 29.1 Å². The lowest BCUT2D eigenvalue weighted by Gasteiger charge is -2.19. The molecule has 2 atom stereocenters. The number of nitrogens with one attached hydrogen (secondary N) is 1. The number of anilines is 1. The van der Waals surface area contributed by atoms with Crippen LogP contribution in [0.3, 0.4) is 0 Å². The fourth-order valence-corrected chi connectivity index (χ4v) is 3.56. The number of hydrogen-bond acceptors (Lipinski definition) is 2. The van der Waals surface area contributed by atoms with Gasteiger partial charge < -0.3 is 10.2 Å². The smallest absolute Gasteiger partial charge is 0.344 e. The van der Waals surface area contributed by atoms with E-state index in [1.807, 2.05) is 0 Å². The Hall–Kier alpha value is -2.54. The van der Waals surface area contributed by atoms with E-state index < -0.39 is 35.4 Å². The number of hydrogen-bond donors (Lipinski definition) is 1. The first kappa shape index (κ1) is 20.2. The number of alkyl halides is 3. The number of likely N-dealkylation sites (N-methyl/N-ethyl adjacent to an activating group) is 1. The molecule has 148 valence electrons. The van der Waals surface area contributed by atoms with Crippen LogP contribution in [0.25, 0.3) is 0 Å². The first-order valence-electron chi connectivity index (χ1n) is 8.57. The van der Waals surface area contributed by atoms with Gasteiger partial charge >= 0.3 is 6.18 Å². The highest BCUT2D eigenvalue weighted by Crippen LogP contribution is 2.38. The van der Waals surface area contributed by atoms with Gasteiger partial charge in [-0.3, -0.25) is 9.59 Å². The van der Waals surface area contributed by atoms with Crippen molar-refractivity contribution in [3.63, 3.8) is 0 Å². The fourth-order valence-electron chi connectivity index (χ4n) is 3.44. The SMILES string of the molecule is Cc1cc([C@H]2CN(C)C(=O)[C@@H]2C(=O)Nc2ccccc2C(F)(F)F)ccc1Cl. The van der Waals surface area contributed by atoms with Crippen LogP contribution in [0.4, 0.5) is 18.9 Å². The van der Waals surface area contributed by atoms with Gasteiger partial charge in [0.15, 0.2) is 0 Å². The highest BCUT2D eigenvalue weighted by molar-refractivity contribution is 6.31. The third-order valence-corrected chi connectivity index (χ3v) is 5.32. The van der Waals surface area contributed by atoms with E-state index in [-0.39, 0.29) is 5.69 Å². The Morgan fingerprint density at radius 3 is 2.54 bits per heavy atom. The largest absolute Gasteiger partial charge is 0.418 e. The zero-order valence-corrected chi connectivity index (χ0v) is 15.9. The summed E-state index contributed by atoms with van der Waals surface area (Å²) in [6.07, 6.45) is -4.62. The molecule has 1 fully saturated rings. The molecule has 8 heteroatoms. The average Bonchev–Trinajstić information content (AvgIpc) is 2.92. The zero-order chi connectivity index (χ0) is 20.6. The first-order chi connectivity index (χ1) is 13.1. The number of carbonyl (C=O) groups excluding carboxylic acids is 2. The molecular weight excluding hydrogens is 393 g/mol. The van der Waals surface area contributed by atoms with Crippen molar-refractivity contribution in [3.05, 3.63) is 64.2 Å². The summed E-state index contributed by atoms with van der Waals surface area (Å²) in [6, 6.07) is 9.91. The lowest BCUT2D eigenvalue weighted by Crippen LogP contribution is -2.33. The van der Waals surface area contributed by atoms with Crippen LogP contribution in [0.15, 0.2) is 42.5 Å². The highest BCUT2D eigenvalue weighted by Gasteiger charge is 2.45.